The minimum Gasteiger partial charge on any atom is -0.454 e. The van der Waals surface area contributed by atoms with E-state index in [4.69, 9.17) is 9.47 Å². The molecule has 0 saturated carbocycles. The van der Waals surface area contributed by atoms with Crippen LogP contribution in [0.1, 0.15) is 17.2 Å². The third-order valence-electron chi connectivity index (χ3n) is 2.75. The topological polar surface area (TPSA) is 55.3 Å². The fourth-order valence-corrected chi connectivity index (χ4v) is 2.01. The van der Waals surface area contributed by atoms with Crippen molar-refractivity contribution in [2.45, 2.75) is 12.6 Å². The lowest BCUT2D eigenvalue weighted by Gasteiger charge is -2.19. The van der Waals surface area contributed by atoms with Gasteiger partial charge < -0.3 is 19.9 Å². The summed E-state index contributed by atoms with van der Waals surface area (Å²) in [6.45, 7) is 1.92. The molecule has 3 rings (SSSR count). The molecule has 2 aliphatic heterocycles. The van der Waals surface area contributed by atoms with Crippen molar-refractivity contribution in [3.63, 3.8) is 0 Å². The number of fused-ring (bicyclic) bond motifs is 2. The van der Waals surface area contributed by atoms with Crippen LogP contribution in [0.2, 0.25) is 0 Å². The highest BCUT2D eigenvalue weighted by molar-refractivity contribution is 5.49. The van der Waals surface area contributed by atoms with Gasteiger partial charge in [0.1, 0.15) is 19.2 Å². The lowest BCUT2D eigenvalue weighted by atomic mass is 9.98. The van der Waals surface area contributed by atoms with Crippen molar-refractivity contribution in [2.24, 2.45) is 0 Å². The van der Waals surface area contributed by atoms with E-state index in [2.05, 4.69) is 5.32 Å². The predicted molar refractivity (Wildman–Crippen MR) is 48.0 cm³/mol. The minimum atomic E-state index is -0.381. The van der Waals surface area contributed by atoms with Crippen molar-refractivity contribution < 1.29 is 19.9 Å². The number of benzene rings is 1. The van der Waals surface area contributed by atoms with Crippen LogP contribution < -0.4 is 14.8 Å². The second-order valence-electron chi connectivity index (χ2n) is 3.65. The number of ether oxygens (including phenoxy) is 2. The van der Waals surface area contributed by atoms with Gasteiger partial charge in [-0.15, -0.1) is 0 Å². The van der Waals surface area contributed by atoms with Gasteiger partial charge in [-0.05, 0) is 17.7 Å². The van der Waals surface area contributed by atoms with Crippen LogP contribution in [0.4, 0.5) is 0 Å². The number of aliphatic hydroxyl groups is 1. The molecule has 2 heterocycles. The van der Waals surface area contributed by atoms with Crippen LogP contribution in [-0.2, 0) is 6.54 Å². The van der Waals surface area contributed by atoms with Crippen LogP contribution in [0.5, 0.6) is 11.5 Å². The first kappa shape index (κ1) is 8.08. The maximum Gasteiger partial charge on any atom is 0.231 e. The van der Waals surface area contributed by atoms with Crippen LogP contribution in [0.25, 0.3) is 0 Å². The molecule has 1 atom stereocenters. The van der Waals surface area contributed by atoms with Crippen LogP contribution in [0.15, 0.2) is 12.1 Å². The van der Waals surface area contributed by atoms with Gasteiger partial charge in [-0.25, -0.2) is 0 Å². The maximum atomic E-state index is 9.76. The number of quaternary nitrogens is 1. The van der Waals surface area contributed by atoms with Gasteiger partial charge in [0.05, 0.1) is 0 Å². The Hall–Kier alpha value is -1.26. The molecule has 0 unspecified atom stereocenters. The summed E-state index contributed by atoms with van der Waals surface area (Å²) in [4.78, 5) is 0. The van der Waals surface area contributed by atoms with Gasteiger partial charge in [-0.1, -0.05) is 0 Å². The van der Waals surface area contributed by atoms with Gasteiger partial charge in [0.2, 0.25) is 6.79 Å². The third kappa shape index (κ3) is 1.08. The van der Waals surface area contributed by atoms with E-state index >= 15 is 0 Å². The Labute approximate surface area is 81.5 Å². The Kier molecular flexibility index (Phi) is 1.65. The number of hydrogen-bond donors (Lipinski definition) is 2. The molecule has 1 aromatic carbocycles. The van der Waals surface area contributed by atoms with Crippen LogP contribution in [0, 0.1) is 0 Å². The lowest BCUT2D eigenvalue weighted by molar-refractivity contribution is -0.681. The zero-order valence-electron chi connectivity index (χ0n) is 7.69. The van der Waals surface area contributed by atoms with Crippen molar-refractivity contribution >= 4 is 0 Å². The molecule has 0 aliphatic carbocycles. The first-order chi connectivity index (χ1) is 6.84. The summed E-state index contributed by atoms with van der Waals surface area (Å²) >= 11 is 0. The Balaban J connectivity index is 2.12. The van der Waals surface area contributed by atoms with Gasteiger partial charge in [0, 0.05) is 5.56 Å². The molecule has 3 N–H and O–H groups in total. The van der Waals surface area contributed by atoms with Crippen LogP contribution in [0.3, 0.4) is 0 Å². The van der Waals surface area contributed by atoms with Crippen molar-refractivity contribution in [2.75, 3.05) is 13.3 Å². The van der Waals surface area contributed by atoms with Crippen molar-refractivity contribution in [1.29, 1.82) is 0 Å². The fraction of sp³-hybridized carbons (Fsp3) is 0.400. The maximum absolute atomic E-state index is 9.76. The van der Waals surface area contributed by atoms with E-state index in [9.17, 15) is 5.11 Å². The summed E-state index contributed by atoms with van der Waals surface area (Å²) in [7, 11) is 0. The molecule has 0 saturated heterocycles. The van der Waals surface area contributed by atoms with Crippen molar-refractivity contribution in [3.8, 4) is 11.5 Å². The molecule has 0 aromatic heterocycles. The molecule has 14 heavy (non-hydrogen) atoms. The smallest absolute Gasteiger partial charge is 0.231 e. The minimum absolute atomic E-state index is 0.290. The highest BCUT2D eigenvalue weighted by atomic mass is 16.7. The quantitative estimate of drug-likeness (QED) is 0.587. The van der Waals surface area contributed by atoms with E-state index in [0.29, 0.717) is 0 Å². The molecular formula is C10H12NO3+. The van der Waals surface area contributed by atoms with Gasteiger partial charge in [0.15, 0.2) is 11.5 Å². The average Bonchev–Trinajstić information content (AvgIpc) is 2.62. The number of rotatable bonds is 0. The fourth-order valence-electron chi connectivity index (χ4n) is 2.01. The number of nitrogens with two attached hydrogens (primary N) is 1. The SMILES string of the molecule is O[C@H]1C[NH2+]Cc2cc3c(cc21)OCO3. The largest absolute Gasteiger partial charge is 0.454 e. The monoisotopic (exact) mass is 194 g/mol. The lowest BCUT2D eigenvalue weighted by Crippen LogP contribution is -2.85. The summed E-state index contributed by atoms with van der Waals surface area (Å²) in [6, 6.07) is 3.87. The first-order valence-electron chi connectivity index (χ1n) is 4.77. The van der Waals surface area contributed by atoms with Gasteiger partial charge in [-0.3, -0.25) is 0 Å². The summed E-state index contributed by atoms with van der Waals surface area (Å²) in [5.74, 6) is 1.55. The van der Waals surface area contributed by atoms with Gasteiger partial charge in [0.25, 0.3) is 0 Å². The molecule has 0 amide bonds. The molecule has 0 spiro atoms. The number of hydrogen-bond acceptors (Lipinski definition) is 3. The van der Waals surface area contributed by atoms with Crippen molar-refractivity contribution in [3.05, 3.63) is 23.3 Å². The normalized spacial score (nSPS) is 23.4. The van der Waals surface area contributed by atoms with E-state index in [1.54, 1.807) is 0 Å². The van der Waals surface area contributed by atoms with E-state index < -0.39 is 0 Å². The molecule has 0 radical (unpaired) electrons. The average molecular weight is 194 g/mol. The third-order valence-corrected chi connectivity index (χ3v) is 2.75. The Morgan fingerprint density at radius 2 is 2.07 bits per heavy atom. The van der Waals surface area contributed by atoms with Gasteiger partial charge >= 0.3 is 0 Å². The second-order valence-corrected chi connectivity index (χ2v) is 3.65. The van der Waals surface area contributed by atoms with E-state index in [1.807, 2.05) is 12.1 Å². The Bertz CT molecular complexity index is 378. The summed E-state index contributed by atoms with van der Waals surface area (Å²) in [6.07, 6.45) is -0.381. The molecule has 0 fully saturated rings. The first-order valence-corrected chi connectivity index (χ1v) is 4.77. The predicted octanol–water partition coefficient (Wildman–Crippen LogP) is -0.474. The molecule has 4 heteroatoms. The Morgan fingerprint density at radius 3 is 2.93 bits per heavy atom. The molecule has 1 aromatic rings. The second kappa shape index (κ2) is 2.87. The van der Waals surface area contributed by atoms with Crippen LogP contribution >= 0.6 is 0 Å². The zero-order chi connectivity index (χ0) is 9.54. The highest BCUT2D eigenvalue weighted by Crippen LogP contribution is 2.36. The molecular weight excluding hydrogens is 182 g/mol. The Morgan fingerprint density at radius 1 is 1.29 bits per heavy atom. The van der Waals surface area contributed by atoms with E-state index in [0.717, 1.165) is 35.7 Å². The molecule has 2 aliphatic rings. The zero-order valence-corrected chi connectivity index (χ0v) is 7.69. The molecule has 0 bridgehead atoms. The summed E-state index contributed by atoms with van der Waals surface area (Å²) in [5.41, 5.74) is 2.13. The van der Waals surface area contributed by atoms with Crippen molar-refractivity contribution in [1.82, 2.24) is 0 Å². The number of aliphatic hydroxyl groups excluding tert-OH is 1. The summed E-state index contributed by atoms with van der Waals surface area (Å²) < 4.78 is 10.6. The summed E-state index contributed by atoms with van der Waals surface area (Å²) in [5, 5.41) is 11.9. The van der Waals surface area contributed by atoms with Crippen LogP contribution in [-0.4, -0.2) is 18.4 Å². The molecule has 4 nitrogen and oxygen atoms in total. The van der Waals surface area contributed by atoms with Gasteiger partial charge in [-0.2, -0.15) is 0 Å². The molecule has 74 valence electrons. The van der Waals surface area contributed by atoms with E-state index in [-0.39, 0.29) is 12.9 Å². The standard InChI is InChI=1S/C10H11NO3/c12-8-4-11-3-6-1-9-10(2-7(6)8)14-5-13-9/h1-2,8,11-12H,3-5H2/p+1/t8-/m0/s1. The highest BCUT2D eigenvalue weighted by Gasteiger charge is 2.25. The van der Waals surface area contributed by atoms with E-state index in [1.165, 1.54) is 0 Å².